The van der Waals surface area contributed by atoms with Gasteiger partial charge in [0.25, 0.3) is 0 Å². The van der Waals surface area contributed by atoms with Crippen molar-refractivity contribution in [2.24, 2.45) is 0 Å². The molecule has 2 aromatic carbocycles. The van der Waals surface area contributed by atoms with Crippen molar-refractivity contribution in [2.45, 2.75) is 25.5 Å². The Balaban J connectivity index is 1.82. The first-order valence-electron chi connectivity index (χ1n) is 7.88. The molecule has 1 fully saturated rings. The van der Waals surface area contributed by atoms with Crippen LogP contribution in [0.25, 0.3) is 0 Å². The van der Waals surface area contributed by atoms with Crippen molar-refractivity contribution in [3.05, 3.63) is 65.7 Å². The van der Waals surface area contributed by atoms with Crippen LogP contribution in [0, 0.1) is 0 Å². The highest BCUT2D eigenvalue weighted by atomic mass is 16.5. The van der Waals surface area contributed by atoms with E-state index in [9.17, 15) is 9.90 Å². The van der Waals surface area contributed by atoms with Crippen molar-refractivity contribution in [1.29, 1.82) is 0 Å². The van der Waals surface area contributed by atoms with E-state index < -0.39 is 0 Å². The summed E-state index contributed by atoms with van der Waals surface area (Å²) < 4.78 is 5.76. The number of carbonyl (C=O) groups excluding carboxylic acids is 1. The molecular weight excluding hydrogens is 290 g/mol. The average Bonchev–Trinajstić information content (AvgIpc) is 2.57. The first-order valence-corrected chi connectivity index (χ1v) is 7.88. The Hall–Kier alpha value is -2.33. The lowest BCUT2D eigenvalue weighted by atomic mass is 10.0. The monoisotopic (exact) mass is 311 g/mol. The Morgan fingerprint density at radius 1 is 1.17 bits per heavy atom. The molecule has 0 aliphatic carbocycles. The molecule has 4 nitrogen and oxygen atoms in total. The fourth-order valence-electron chi connectivity index (χ4n) is 2.95. The van der Waals surface area contributed by atoms with Crippen LogP contribution in [0.4, 0.5) is 0 Å². The minimum atomic E-state index is -0.0780. The summed E-state index contributed by atoms with van der Waals surface area (Å²) in [6, 6.07) is 16.8. The third kappa shape index (κ3) is 3.54. The van der Waals surface area contributed by atoms with Crippen molar-refractivity contribution in [3.63, 3.8) is 0 Å². The number of ether oxygens (including phenoxy) is 1. The predicted octanol–water partition coefficient (Wildman–Crippen LogP) is 2.92. The first-order chi connectivity index (χ1) is 11.1. The number of rotatable bonds is 3. The quantitative estimate of drug-likeness (QED) is 0.948. The van der Waals surface area contributed by atoms with E-state index in [0.717, 1.165) is 5.56 Å². The standard InChI is InChI=1S/C19H21NO3/c1-14-12-20(17(13-23-14)15-7-3-2-4-8-15)19(22)11-16-9-5-6-10-18(16)21/h2-10,14,17,21H,11-13H2,1H3/t14-,17-/m0/s1. The van der Waals surface area contributed by atoms with E-state index in [1.165, 1.54) is 0 Å². The SMILES string of the molecule is C[C@H]1CN(C(=O)Cc2ccccc2O)[C@H](c2ccccc2)CO1. The molecule has 0 spiro atoms. The molecule has 2 aromatic rings. The number of hydrogen-bond acceptors (Lipinski definition) is 3. The lowest BCUT2D eigenvalue weighted by molar-refractivity contribution is -0.144. The Labute approximate surface area is 136 Å². The van der Waals surface area contributed by atoms with Crippen LogP contribution >= 0.6 is 0 Å². The van der Waals surface area contributed by atoms with E-state index in [1.807, 2.05) is 48.2 Å². The van der Waals surface area contributed by atoms with Crippen molar-refractivity contribution in [1.82, 2.24) is 4.90 Å². The largest absolute Gasteiger partial charge is 0.508 e. The number of para-hydroxylation sites is 1. The molecule has 1 N–H and O–H groups in total. The van der Waals surface area contributed by atoms with E-state index in [-0.39, 0.29) is 30.2 Å². The number of carbonyl (C=O) groups is 1. The number of amides is 1. The number of nitrogens with zero attached hydrogens (tertiary/aromatic N) is 1. The number of hydrogen-bond donors (Lipinski definition) is 1. The van der Waals surface area contributed by atoms with Crippen LogP contribution < -0.4 is 0 Å². The first kappa shape index (κ1) is 15.6. The summed E-state index contributed by atoms with van der Waals surface area (Å²) >= 11 is 0. The van der Waals surface area contributed by atoms with Crippen LogP contribution in [-0.4, -0.2) is 35.2 Å². The highest BCUT2D eigenvalue weighted by Crippen LogP contribution is 2.27. The molecular formula is C19H21NO3. The maximum atomic E-state index is 12.8. The maximum absolute atomic E-state index is 12.8. The normalized spacial score (nSPS) is 21.2. The highest BCUT2D eigenvalue weighted by Gasteiger charge is 2.31. The lowest BCUT2D eigenvalue weighted by Gasteiger charge is -2.39. The van der Waals surface area contributed by atoms with Crippen LogP contribution in [0.1, 0.15) is 24.1 Å². The molecule has 0 radical (unpaired) electrons. The van der Waals surface area contributed by atoms with E-state index >= 15 is 0 Å². The minimum absolute atomic E-state index is 0.00973. The summed E-state index contributed by atoms with van der Waals surface area (Å²) in [5.41, 5.74) is 1.73. The molecule has 2 atom stereocenters. The fraction of sp³-hybridized carbons (Fsp3) is 0.316. The molecule has 23 heavy (non-hydrogen) atoms. The summed E-state index contributed by atoms with van der Waals surface area (Å²) in [6.45, 7) is 3.03. The van der Waals surface area contributed by atoms with Gasteiger partial charge in [-0.3, -0.25) is 4.79 Å². The highest BCUT2D eigenvalue weighted by molar-refractivity contribution is 5.80. The van der Waals surface area contributed by atoms with Crippen molar-refractivity contribution in [3.8, 4) is 5.75 Å². The van der Waals surface area contributed by atoms with Gasteiger partial charge in [-0.15, -0.1) is 0 Å². The van der Waals surface area contributed by atoms with Gasteiger partial charge in [-0.2, -0.15) is 0 Å². The van der Waals surface area contributed by atoms with Gasteiger partial charge in [0, 0.05) is 12.1 Å². The molecule has 1 aliphatic rings. The maximum Gasteiger partial charge on any atom is 0.227 e. The van der Waals surface area contributed by atoms with Crippen LogP contribution in [0.2, 0.25) is 0 Å². The number of aromatic hydroxyl groups is 1. The molecule has 0 bridgehead atoms. The zero-order chi connectivity index (χ0) is 16.2. The van der Waals surface area contributed by atoms with E-state index in [0.29, 0.717) is 18.7 Å². The number of phenolic OH excluding ortho intramolecular Hbond substituents is 1. The van der Waals surface area contributed by atoms with Gasteiger partial charge in [0.05, 0.1) is 25.2 Å². The smallest absolute Gasteiger partial charge is 0.227 e. The molecule has 1 heterocycles. The van der Waals surface area contributed by atoms with E-state index in [2.05, 4.69) is 0 Å². The second kappa shape index (κ2) is 6.84. The zero-order valence-corrected chi connectivity index (χ0v) is 13.2. The third-order valence-corrected chi connectivity index (χ3v) is 4.21. The van der Waals surface area contributed by atoms with Gasteiger partial charge in [-0.1, -0.05) is 48.5 Å². The van der Waals surface area contributed by atoms with E-state index in [1.54, 1.807) is 18.2 Å². The van der Waals surface area contributed by atoms with Crippen molar-refractivity contribution in [2.75, 3.05) is 13.2 Å². The molecule has 0 aromatic heterocycles. The topological polar surface area (TPSA) is 49.8 Å². The summed E-state index contributed by atoms with van der Waals surface area (Å²) in [6.07, 6.45) is 0.214. The van der Waals surface area contributed by atoms with Crippen LogP contribution in [0.15, 0.2) is 54.6 Å². The van der Waals surface area contributed by atoms with Gasteiger partial charge in [0.1, 0.15) is 5.75 Å². The second-order valence-corrected chi connectivity index (χ2v) is 5.92. The fourth-order valence-corrected chi connectivity index (χ4v) is 2.95. The molecule has 0 unspecified atom stereocenters. The van der Waals surface area contributed by atoms with Crippen LogP contribution in [-0.2, 0) is 16.0 Å². The molecule has 1 saturated heterocycles. The molecule has 0 saturated carbocycles. The Morgan fingerprint density at radius 3 is 2.61 bits per heavy atom. The van der Waals surface area contributed by atoms with Gasteiger partial charge in [-0.05, 0) is 18.6 Å². The molecule has 1 aliphatic heterocycles. The van der Waals surface area contributed by atoms with Crippen LogP contribution in [0.3, 0.4) is 0 Å². The number of benzene rings is 2. The lowest BCUT2D eigenvalue weighted by Crippen LogP contribution is -2.47. The summed E-state index contributed by atoms with van der Waals surface area (Å²) in [5.74, 6) is 0.175. The van der Waals surface area contributed by atoms with Gasteiger partial charge in [-0.25, -0.2) is 0 Å². The van der Waals surface area contributed by atoms with Crippen molar-refractivity contribution >= 4 is 5.91 Å². The van der Waals surface area contributed by atoms with Gasteiger partial charge in [0.2, 0.25) is 5.91 Å². The second-order valence-electron chi connectivity index (χ2n) is 5.92. The number of phenols is 1. The van der Waals surface area contributed by atoms with Gasteiger partial charge >= 0.3 is 0 Å². The third-order valence-electron chi connectivity index (χ3n) is 4.21. The summed E-state index contributed by atoms with van der Waals surface area (Å²) in [4.78, 5) is 14.7. The van der Waals surface area contributed by atoms with Gasteiger partial charge < -0.3 is 14.7 Å². The zero-order valence-electron chi connectivity index (χ0n) is 13.2. The van der Waals surface area contributed by atoms with Crippen molar-refractivity contribution < 1.29 is 14.6 Å². The predicted molar refractivity (Wildman–Crippen MR) is 88.1 cm³/mol. The Bertz CT molecular complexity index is 671. The molecule has 3 rings (SSSR count). The average molecular weight is 311 g/mol. The molecule has 1 amide bonds. The summed E-state index contributed by atoms with van der Waals surface area (Å²) in [5, 5.41) is 9.90. The minimum Gasteiger partial charge on any atom is -0.508 e. The number of morpholine rings is 1. The van der Waals surface area contributed by atoms with E-state index in [4.69, 9.17) is 4.74 Å². The van der Waals surface area contributed by atoms with Gasteiger partial charge in [0.15, 0.2) is 0 Å². The Morgan fingerprint density at radius 2 is 1.87 bits per heavy atom. The molecule has 4 heteroatoms. The Kier molecular flexibility index (Phi) is 4.63. The summed E-state index contributed by atoms with van der Waals surface area (Å²) in [7, 11) is 0. The molecule has 120 valence electrons. The van der Waals surface area contributed by atoms with Crippen LogP contribution in [0.5, 0.6) is 5.75 Å².